The number of ketones is 1. The fraction of sp³-hybridized carbons (Fsp3) is 0.781. The molecule has 2 fully saturated rings. The van der Waals surface area contributed by atoms with Crippen molar-refractivity contribution in [3.63, 3.8) is 0 Å². The number of ether oxygens (including phenoxy) is 1. The highest BCUT2D eigenvalue weighted by Crippen LogP contribution is 2.39. The average Bonchev–Trinajstić information content (AvgIpc) is 3.63. The fourth-order valence-electron chi connectivity index (χ4n) is 6.02. The van der Waals surface area contributed by atoms with E-state index in [0.717, 1.165) is 12.8 Å². The number of hydrogen-bond acceptors (Lipinski definition) is 8. The van der Waals surface area contributed by atoms with E-state index in [9.17, 15) is 29.1 Å². The molecule has 250 valence electrons. The Balaban J connectivity index is 2.40. The number of carbonyl (C=O) groups excluding carboxylic acids is 5. The fourth-order valence-corrected chi connectivity index (χ4v) is 6.02. The zero-order valence-corrected chi connectivity index (χ0v) is 27.9. The molecule has 0 aromatic rings. The van der Waals surface area contributed by atoms with Crippen LogP contribution in [0.1, 0.15) is 81.6 Å². The maximum absolute atomic E-state index is 14.4. The summed E-state index contributed by atoms with van der Waals surface area (Å²) in [7, 11) is 0. The third-order valence-electron chi connectivity index (χ3n) is 8.48. The Kier molecular flexibility index (Phi) is 13.0. The van der Waals surface area contributed by atoms with E-state index in [1.165, 1.54) is 0 Å². The molecule has 12 heteroatoms. The van der Waals surface area contributed by atoms with E-state index in [-0.39, 0.29) is 42.2 Å². The van der Waals surface area contributed by atoms with Crippen molar-refractivity contribution in [2.45, 2.75) is 118 Å². The molecule has 44 heavy (non-hydrogen) atoms. The van der Waals surface area contributed by atoms with Gasteiger partial charge in [0, 0.05) is 6.54 Å². The first kappa shape index (κ1) is 37.2. The molecule has 6 N–H and O–H groups in total. The lowest BCUT2D eigenvalue weighted by atomic mass is 9.80. The van der Waals surface area contributed by atoms with Crippen LogP contribution in [-0.2, 0) is 23.9 Å². The number of primary amides is 1. The van der Waals surface area contributed by atoms with Gasteiger partial charge < -0.3 is 31.1 Å². The summed E-state index contributed by atoms with van der Waals surface area (Å²) >= 11 is 0. The minimum Gasteiger partial charge on any atom is -0.461 e. The average molecular weight is 622 g/mol. The van der Waals surface area contributed by atoms with E-state index >= 15 is 0 Å². The van der Waals surface area contributed by atoms with Crippen LogP contribution < -0.4 is 21.7 Å². The molecule has 0 spiro atoms. The Labute approximate surface area is 262 Å². The van der Waals surface area contributed by atoms with Crippen molar-refractivity contribution in [2.24, 2.45) is 40.7 Å². The van der Waals surface area contributed by atoms with E-state index < -0.39 is 65.4 Å². The number of esters is 1. The van der Waals surface area contributed by atoms with Gasteiger partial charge in [0.1, 0.15) is 18.3 Å². The van der Waals surface area contributed by atoms with Crippen molar-refractivity contribution >= 4 is 29.6 Å². The van der Waals surface area contributed by atoms with Gasteiger partial charge in [0.25, 0.3) is 5.91 Å². The number of nitrogens with one attached hydrogen (secondary N) is 3. The Morgan fingerprint density at radius 2 is 1.64 bits per heavy atom. The van der Waals surface area contributed by atoms with Crippen LogP contribution in [0.2, 0.25) is 0 Å². The standard InChI is InChI=1S/C32H55N5O7/c1-11-20-15-37(24(22(20)16(2)3)28(40)34-21(14-19-12-13-19)25(38)27(33)39)29(41)26(32(8,9)10)36-31(43)35-23(17(4)5)30(42)44-18(6)7/h11,16-24,26,28,34,40H,1,12-15H2,2-10H3,(H2,33,39)(H2,35,36,43)/t20-,21?,22-,23-,24-,26+,28?/m0/s1. The normalized spacial score (nSPS) is 23.2. The van der Waals surface area contributed by atoms with Gasteiger partial charge in [0.2, 0.25) is 11.7 Å². The number of nitrogens with zero attached hydrogens (tertiary/aromatic N) is 1. The van der Waals surface area contributed by atoms with E-state index in [1.807, 2.05) is 34.6 Å². The van der Waals surface area contributed by atoms with E-state index in [4.69, 9.17) is 10.5 Å². The van der Waals surface area contributed by atoms with Gasteiger partial charge in [0.05, 0.1) is 18.2 Å². The van der Waals surface area contributed by atoms with Crippen LogP contribution in [0.15, 0.2) is 12.7 Å². The molecule has 0 aromatic carbocycles. The predicted molar refractivity (Wildman–Crippen MR) is 167 cm³/mol. The molecule has 2 rings (SSSR count). The molecule has 4 amide bonds. The molecule has 1 aliphatic heterocycles. The molecule has 12 nitrogen and oxygen atoms in total. The molecule has 2 aliphatic rings. The number of rotatable bonds is 15. The van der Waals surface area contributed by atoms with Gasteiger partial charge >= 0.3 is 12.0 Å². The van der Waals surface area contributed by atoms with Gasteiger partial charge in [-0.1, -0.05) is 67.4 Å². The second-order valence-electron chi connectivity index (χ2n) is 14.4. The Bertz CT molecular complexity index is 1070. The van der Waals surface area contributed by atoms with Crippen LogP contribution in [0.25, 0.3) is 0 Å². The number of aliphatic hydroxyl groups is 1. The largest absolute Gasteiger partial charge is 0.461 e. The van der Waals surface area contributed by atoms with Gasteiger partial charge in [-0.05, 0) is 55.3 Å². The number of amides is 4. The maximum Gasteiger partial charge on any atom is 0.329 e. The first-order chi connectivity index (χ1) is 20.3. The van der Waals surface area contributed by atoms with Crippen molar-refractivity contribution in [1.29, 1.82) is 0 Å². The third-order valence-corrected chi connectivity index (χ3v) is 8.48. The number of urea groups is 1. The van der Waals surface area contributed by atoms with E-state index in [1.54, 1.807) is 38.7 Å². The van der Waals surface area contributed by atoms with Crippen LogP contribution >= 0.6 is 0 Å². The number of nitrogens with two attached hydrogens (primary N) is 1. The number of Topliss-reactive ketones (excluding diaryl/α,β-unsaturated/α-hetero) is 1. The van der Waals surface area contributed by atoms with Gasteiger partial charge in [-0.2, -0.15) is 0 Å². The first-order valence-corrected chi connectivity index (χ1v) is 15.8. The molecule has 1 saturated carbocycles. The molecule has 0 radical (unpaired) electrons. The van der Waals surface area contributed by atoms with Crippen molar-refractivity contribution in [2.75, 3.05) is 6.54 Å². The summed E-state index contributed by atoms with van der Waals surface area (Å²) in [5.74, 6) is -3.33. The lowest BCUT2D eigenvalue weighted by Crippen LogP contribution is -2.63. The summed E-state index contributed by atoms with van der Waals surface area (Å²) in [6.45, 7) is 20.6. The van der Waals surface area contributed by atoms with Gasteiger partial charge in [-0.15, -0.1) is 6.58 Å². The topological polar surface area (TPSA) is 180 Å². The summed E-state index contributed by atoms with van der Waals surface area (Å²) in [4.78, 5) is 66.3. The summed E-state index contributed by atoms with van der Waals surface area (Å²) in [5, 5.41) is 20.0. The Hall–Kier alpha value is -2.99. The molecule has 1 saturated heterocycles. The number of carbonyl (C=O) groups is 5. The lowest BCUT2D eigenvalue weighted by Gasteiger charge is -2.40. The molecule has 1 heterocycles. The quantitative estimate of drug-likeness (QED) is 0.0798. The minimum atomic E-state index is -1.37. The van der Waals surface area contributed by atoms with Crippen LogP contribution in [0.5, 0.6) is 0 Å². The lowest BCUT2D eigenvalue weighted by molar-refractivity contribution is -0.150. The highest BCUT2D eigenvalue weighted by Gasteiger charge is 2.51. The number of hydrogen-bond donors (Lipinski definition) is 5. The highest BCUT2D eigenvalue weighted by molar-refractivity contribution is 6.37. The smallest absolute Gasteiger partial charge is 0.329 e. The first-order valence-electron chi connectivity index (χ1n) is 15.8. The monoisotopic (exact) mass is 621 g/mol. The van der Waals surface area contributed by atoms with E-state index in [0.29, 0.717) is 6.42 Å². The Morgan fingerprint density at radius 3 is 2.07 bits per heavy atom. The molecule has 2 unspecified atom stereocenters. The SMILES string of the molecule is C=C[C@H]1CN(C(=O)[C@@H](NC(=O)N[C@H](C(=O)OC(C)C)C(C)C)C(C)(C)C)[C@H](C(O)NC(CC2CC2)C(=O)C(N)=O)[C@H]1C(C)C. The summed E-state index contributed by atoms with van der Waals surface area (Å²) in [6.07, 6.45) is 2.24. The van der Waals surface area contributed by atoms with Crippen LogP contribution in [0.3, 0.4) is 0 Å². The number of likely N-dealkylation sites (tertiary alicyclic amines) is 1. The van der Waals surface area contributed by atoms with Crippen molar-refractivity contribution < 1.29 is 33.8 Å². The van der Waals surface area contributed by atoms with Crippen LogP contribution in [-0.4, -0.2) is 82.6 Å². The highest BCUT2D eigenvalue weighted by atomic mass is 16.5. The summed E-state index contributed by atoms with van der Waals surface area (Å²) in [6, 6.07) is -4.46. The zero-order chi connectivity index (χ0) is 33.7. The molecular weight excluding hydrogens is 566 g/mol. The second kappa shape index (κ2) is 15.3. The van der Waals surface area contributed by atoms with Gasteiger partial charge in [-0.25, -0.2) is 9.59 Å². The number of aliphatic hydroxyl groups excluding tert-OH is 1. The molecule has 0 bridgehead atoms. The summed E-state index contributed by atoms with van der Waals surface area (Å²) in [5.41, 5.74) is 4.56. The molecule has 1 aliphatic carbocycles. The molecular formula is C32H55N5O7. The van der Waals surface area contributed by atoms with Crippen LogP contribution in [0.4, 0.5) is 4.79 Å². The van der Waals surface area contributed by atoms with Crippen molar-refractivity contribution in [3.05, 3.63) is 12.7 Å². The third kappa shape index (κ3) is 9.76. The Morgan fingerprint density at radius 1 is 1.05 bits per heavy atom. The zero-order valence-electron chi connectivity index (χ0n) is 27.9. The van der Waals surface area contributed by atoms with Crippen molar-refractivity contribution in [1.82, 2.24) is 20.9 Å². The predicted octanol–water partition coefficient (Wildman–Crippen LogP) is 2.09. The molecule has 0 aromatic heterocycles. The molecule has 7 atom stereocenters. The summed E-state index contributed by atoms with van der Waals surface area (Å²) < 4.78 is 5.31. The van der Waals surface area contributed by atoms with Crippen molar-refractivity contribution in [3.8, 4) is 0 Å². The minimum absolute atomic E-state index is 0.00842. The second-order valence-corrected chi connectivity index (χ2v) is 14.4. The van der Waals surface area contributed by atoms with Crippen LogP contribution in [0, 0.1) is 35.0 Å². The maximum atomic E-state index is 14.4. The van der Waals surface area contributed by atoms with Gasteiger partial charge in [0.15, 0.2) is 0 Å². The van der Waals surface area contributed by atoms with E-state index in [2.05, 4.69) is 22.5 Å². The van der Waals surface area contributed by atoms with Gasteiger partial charge in [-0.3, -0.25) is 19.7 Å².